The predicted molar refractivity (Wildman–Crippen MR) is 90.3 cm³/mol. The van der Waals surface area contributed by atoms with Crippen LogP contribution < -0.4 is 0 Å². The van der Waals surface area contributed by atoms with Gasteiger partial charge in [0.05, 0.1) is 6.61 Å². The van der Waals surface area contributed by atoms with Crippen molar-refractivity contribution in [2.45, 2.75) is 95.9 Å². The molecule has 0 saturated heterocycles. The molecular weight excluding hydrogens is 398 g/mol. The Morgan fingerprint density at radius 1 is 0.852 bits per heavy atom. The van der Waals surface area contributed by atoms with Crippen LogP contribution in [0.2, 0.25) is 0 Å². The molecule has 2 N–H and O–H groups in total. The Balaban J connectivity index is 4.02. The number of phosphoric ester groups is 1. The first-order valence-corrected chi connectivity index (χ1v) is 10.7. The summed E-state index contributed by atoms with van der Waals surface area (Å²) in [5.74, 6) is -5.23. The second kappa shape index (κ2) is 13.0. The molecule has 0 aromatic carbocycles. The van der Waals surface area contributed by atoms with Gasteiger partial charge in [0.2, 0.25) is 0 Å². The lowest BCUT2D eigenvalue weighted by Gasteiger charge is -2.31. The van der Waals surface area contributed by atoms with Crippen LogP contribution in [0.15, 0.2) is 0 Å². The van der Waals surface area contributed by atoms with E-state index < -0.39 is 32.8 Å². The van der Waals surface area contributed by atoms with Crippen molar-refractivity contribution in [1.82, 2.24) is 0 Å². The fourth-order valence-electron chi connectivity index (χ4n) is 2.46. The summed E-state index contributed by atoms with van der Waals surface area (Å²) in [6, 6.07) is 0. The standard InChI is InChI=1S/C16H30F5O5P/c1-2-3-4-5-6-7-8-9-10-11-12-13-25-16(20,21)15(19,14(17)18)26-27(22,23)24/h14H,2-13H2,1H3,(H2,22,23,24). The number of hydrogen-bond donors (Lipinski definition) is 2. The second-order valence-corrected chi connectivity index (χ2v) is 7.59. The number of phosphoric acid groups is 1. The Kier molecular flexibility index (Phi) is 12.9. The maximum absolute atomic E-state index is 13.7. The third-order valence-electron chi connectivity index (χ3n) is 3.96. The molecule has 0 aliphatic carbocycles. The largest absolute Gasteiger partial charge is 0.472 e. The van der Waals surface area contributed by atoms with Gasteiger partial charge in [0.15, 0.2) is 0 Å². The van der Waals surface area contributed by atoms with Crippen molar-refractivity contribution in [3.05, 3.63) is 0 Å². The lowest BCUT2D eigenvalue weighted by atomic mass is 10.1. The Morgan fingerprint density at radius 2 is 1.26 bits per heavy atom. The Morgan fingerprint density at radius 3 is 1.63 bits per heavy atom. The van der Waals surface area contributed by atoms with E-state index in [4.69, 9.17) is 9.79 Å². The molecule has 0 bridgehead atoms. The van der Waals surface area contributed by atoms with E-state index in [9.17, 15) is 26.5 Å². The van der Waals surface area contributed by atoms with Gasteiger partial charge in [-0.25, -0.2) is 17.9 Å². The molecule has 0 rings (SSSR count). The van der Waals surface area contributed by atoms with Gasteiger partial charge in [-0.3, -0.25) is 0 Å². The van der Waals surface area contributed by atoms with Crippen LogP contribution in [0.4, 0.5) is 22.0 Å². The van der Waals surface area contributed by atoms with Gasteiger partial charge in [-0.05, 0) is 6.42 Å². The first-order chi connectivity index (χ1) is 12.5. The molecule has 27 heavy (non-hydrogen) atoms. The molecule has 0 aliphatic rings. The second-order valence-electron chi connectivity index (χ2n) is 6.43. The van der Waals surface area contributed by atoms with Crippen LogP contribution in [0, 0.1) is 0 Å². The lowest BCUT2D eigenvalue weighted by molar-refractivity contribution is -0.391. The highest BCUT2D eigenvalue weighted by Crippen LogP contribution is 2.50. The fourth-order valence-corrected chi connectivity index (χ4v) is 2.99. The molecule has 0 aliphatic heterocycles. The van der Waals surface area contributed by atoms with E-state index in [0.29, 0.717) is 6.42 Å². The van der Waals surface area contributed by atoms with Crippen LogP contribution in [-0.2, 0) is 13.8 Å². The molecule has 0 radical (unpaired) electrons. The van der Waals surface area contributed by atoms with Crippen molar-refractivity contribution in [2.24, 2.45) is 0 Å². The zero-order valence-corrected chi connectivity index (χ0v) is 16.4. The molecule has 5 nitrogen and oxygen atoms in total. The molecule has 0 fully saturated rings. The Labute approximate surface area is 156 Å². The summed E-state index contributed by atoms with van der Waals surface area (Å²) < 4.78 is 83.1. The topological polar surface area (TPSA) is 76.0 Å². The quantitative estimate of drug-likeness (QED) is 0.170. The minimum atomic E-state index is -5.92. The van der Waals surface area contributed by atoms with E-state index in [0.717, 1.165) is 32.1 Å². The molecule has 0 amide bonds. The molecule has 0 spiro atoms. The van der Waals surface area contributed by atoms with E-state index in [2.05, 4.69) is 16.2 Å². The third kappa shape index (κ3) is 11.3. The number of alkyl halides is 5. The highest BCUT2D eigenvalue weighted by Gasteiger charge is 2.67. The van der Waals surface area contributed by atoms with Crippen molar-refractivity contribution >= 4 is 7.82 Å². The summed E-state index contributed by atoms with van der Waals surface area (Å²) in [6.07, 6.45) is 0.567. The maximum Gasteiger partial charge on any atom is 0.472 e. The summed E-state index contributed by atoms with van der Waals surface area (Å²) in [5, 5.41) is 0. The van der Waals surface area contributed by atoms with E-state index in [1.807, 2.05) is 0 Å². The SMILES string of the molecule is CCCCCCCCCCCCCOC(F)(F)C(F)(OP(=O)(O)O)C(F)F. The highest BCUT2D eigenvalue weighted by molar-refractivity contribution is 7.46. The van der Waals surface area contributed by atoms with E-state index >= 15 is 0 Å². The number of rotatable bonds is 17. The highest BCUT2D eigenvalue weighted by atomic mass is 31.2. The first kappa shape index (κ1) is 26.7. The van der Waals surface area contributed by atoms with Gasteiger partial charge in [-0.15, -0.1) is 0 Å². The molecule has 11 heteroatoms. The van der Waals surface area contributed by atoms with Crippen LogP contribution >= 0.6 is 7.82 Å². The van der Waals surface area contributed by atoms with Crippen LogP contribution in [-0.4, -0.2) is 34.8 Å². The number of halogens is 5. The molecule has 0 aromatic rings. The smallest absolute Gasteiger partial charge is 0.316 e. The molecule has 1 unspecified atom stereocenters. The average molecular weight is 428 g/mol. The minimum Gasteiger partial charge on any atom is -0.316 e. The average Bonchev–Trinajstić information content (AvgIpc) is 2.54. The minimum absolute atomic E-state index is 0.0708. The molecule has 0 heterocycles. The van der Waals surface area contributed by atoms with Gasteiger partial charge in [-0.1, -0.05) is 71.1 Å². The molecular formula is C16H30F5O5P. The molecule has 0 aromatic heterocycles. The Hall–Kier alpha value is -0.280. The Bertz CT molecular complexity index is 435. The molecule has 164 valence electrons. The maximum atomic E-state index is 13.7. The normalized spacial score (nSPS) is 15.3. The van der Waals surface area contributed by atoms with Gasteiger partial charge < -0.3 is 14.5 Å². The zero-order valence-electron chi connectivity index (χ0n) is 15.5. The van der Waals surface area contributed by atoms with Crippen molar-refractivity contribution in [3.8, 4) is 0 Å². The third-order valence-corrected chi connectivity index (χ3v) is 4.46. The van der Waals surface area contributed by atoms with Crippen LogP contribution in [0.1, 0.15) is 77.6 Å². The zero-order chi connectivity index (χ0) is 21.0. The number of ether oxygens (including phenoxy) is 1. The van der Waals surface area contributed by atoms with Gasteiger partial charge in [0.1, 0.15) is 0 Å². The summed E-state index contributed by atoms with van der Waals surface area (Å²) >= 11 is 0. The number of unbranched alkanes of at least 4 members (excludes halogenated alkanes) is 10. The van der Waals surface area contributed by atoms with Crippen LogP contribution in [0.25, 0.3) is 0 Å². The van der Waals surface area contributed by atoms with Crippen molar-refractivity contribution in [2.75, 3.05) is 6.61 Å². The van der Waals surface area contributed by atoms with Gasteiger partial charge in [-0.2, -0.15) is 13.2 Å². The van der Waals surface area contributed by atoms with Crippen LogP contribution in [0.3, 0.4) is 0 Å². The summed E-state index contributed by atoms with van der Waals surface area (Å²) in [7, 11) is -5.92. The van der Waals surface area contributed by atoms with Crippen molar-refractivity contribution < 1.29 is 45.6 Å². The monoisotopic (exact) mass is 428 g/mol. The van der Waals surface area contributed by atoms with Crippen molar-refractivity contribution in [3.63, 3.8) is 0 Å². The van der Waals surface area contributed by atoms with Gasteiger partial charge >= 0.3 is 26.2 Å². The fraction of sp³-hybridized carbons (Fsp3) is 1.00. The van der Waals surface area contributed by atoms with Gasteiger partial charge in [0.25, 0.3) is 0 Å². The molecule has 1 atom stereocenters. The summed E-state index contributed by atoms with van der Waals surface area (Å²) in [6.45, 7) is 1.40. The summed E-state index contributed by atoms with van der Waals surface area (Å²) in [5.41, 5.74) is 0. The van der Waals surface area contributed by atoms with E-state index in [1.165, 1.54) is 25.7 Å². The molecule has 0 saturated carbocycles. The van der Waals surface area contributed by atoms with Crippen molar-refractivity contribution in [1.29, 1.82) is 0 Å². The first-order valence-electron chi connectivity index (χ1n) is 9.21. The predicted octanol–water partition coefficient (Wildman–Crippen LogP) is 5.95. The number of hydrogen-bond acceptors (Lipinski definition) is 3. The van der Waals surface area contributed by atoms with Gasteiger partial charge in [0, 0.05) is 0 Å². The summed E-state index contributed by atoms with van der Waals surface area (Å²) in [4.78, 5) is 16.7. The lowest BCUT2D eigenvalue weighted by Crippen LogP contribution is -2.53. The van der Waals surface area contributed by atoms with E-state index in [1.54, 1.807) is 0 Å². The van der Waals surface area contributed by atoms with Crippen LogP contribution in [0.5, 0.6) is 0 Å². The van der Waals surface area contributed by atoms with E-state index in [-0.39, 0.29) is 6.42 Å².